The molecule has 36 heavy (non-hydrogen) atoms. The van der Waals surface area contributed by atoms with Crippen molar-refractivity contribution in [1.29, 1.82) is 0 Å². The molecule has 7 atom stereocenters. The monoisotopic (exact) mass is 496 g/mol. The summed E-state index contributed by atoms with van der Waals surface area (Å²) in [4.78, 5) is 12.8. The minimum atomic E-state index is -0.755. The van der Waals surface area contributed by atoms with Crippen LogP contribution in [0, 0.1) is 34.5 Å². The van der Waals surface area contributed by atoms with E-state index in [4.69, 9.17) is 5.11 Å². The molecule has 0 radical (unpaired) electrons. The number of carbonyl (C=O) groups excluding carboxylic acids is 1. The topological polar surface area (TPSA) is 77.8 Å². The van der Waals surface area contributed by atoms with Gasteiger partial charge in [0.25, 0.3) is 0 Å². The van der Waals surface area contributed by atoms with Gasteiger partial charge in [0.2, 0.25) is 0 Å². The fourth-order valence-electron chi connectivity index (χ4n) is 8.07. The number of allylic oxidation sites excluding steroid dienone is 5. The number of carbonyl (C=O) groups is 1. The lowest BCUT2D eigenvalue weighted by Gasteiger charge is -2.44. The van der Waals surface area contributed by atoms with Crippen molar-refractivity contribution in [3.05, 3.63) is 47.1 Å². The van der Waals surface area contributed by atoms with Crippen LogP contribution in [0.5, 0.6) is 0 Å². The number of hydrogen-bond acceptors (Lipinski definition) is 4. The Kier molecular flexibility index (Phi) is 8.19. The summed E-state index contributed by atoms with van der Waals surface area (Å²) in [6.07, 6.45) is 14.8. The normalized spacial score (nSPS) is 40.9. The first-order valence-corrected chi connectivity index (χ1v) is 14.3. The van der Waals surface area contributed by atoms with Gasteiger partial charge in [0.1, 0.15) is 0 Å². The highest BCUT2D eigenvalue weighted by molar-refractivity contribution is 6.01. The van der Waals surface area contributed by atoms with Crippen molar-refractivity contribution in [3.63, 3.8) is 0 Å². The molecule has 200 valence electrons. The smallest absolute Gasteiger partial charge is 0.164 e. The highest BCUT2D eigenvalue weighted by Crippen LogP contribution is 2.60. The number of fused-ring (bicyclic) bond motifs is 1. The number of ketones is 1. The van der Waals surface area contributed by atoms with Gasteiger partial charge in [0.15, 0.2) is 5.78 Å². The van der Waals surface area contributed by atoms with Gasteiger partial charge in [-0.05, 0) is 104 Å². The van der Waals surface area contributed by atoms with Crippen molar-refractivity contribution >= 4 is 5.78 Å². The average molecular weight is 497 g/mol. The van der Waals surface area contributed by atoms with Crippen LogP contribution >= 0.6 is 0 Å². The largest absolute Gasteiger partial charge is 0.396 e. The minimum Gasteiger partial charge on any atom is -0.396 e. The van der Waals surface area contributed by atoms with Crippen molar-refractivity contribution in [2.24, 2.45) is 34.5 Å². The zero-order chi connectivity index (χ0) is 26.3. The summed E-state index contributed by atoms with van der Waals surface area (Å²) in [5, 5.41) is 30.6. The van der Waals surface area contributed by atoms with Crippen LogP contribution in [0.3, 0.4) is 0 Å². The fourth-order valence-corrected chi connectivity index (χ4v) is 8.07. The second kappa shape index (κ2) is 10.7. The van der Waals surface area contributed by atoms with E-state index in [-0.39, 0.29) is 23.4 Å². The molecule has 4 rings (SSSR count). The Morgan fingerprint density at radius 3 is 2.50 bits per heavy atom. The number of aliphatic hydroxyl groups excluding tert-OH is 3. The molecule has 1 unspecified atom stereocenters. The molecule has 0 amide bonds. The molecule has 0 aromatic heterocycles. The molecule has 0 spiro atoms. The Hall–Kier alpha value is -1.49. The molecule has 4 heteroatoms. The third-order valence-corrected chi connectivity index (χ3v) is 10.4. The molecule has 0 aliphatic heterocycles. The van der Waals surface area contributed by atoms with E-state index in [0.29, 0.717) is 48.4 Å². The van der Waals surface area contributed by atoms with Crippen molar-refractivity contribution < 1.29 is 20.1 Å². The maximum Gasteiger partial charge on any atom is 0.164 e. The average Bonchev–Trinajstić information content (AvgIpc) is 3.31. The zero-order valence-electron chi connectivity index (χ0n) is 22.9. The van der Waals surface area contributed by atoms with Gasteiger partial charge < -0.3 is 15.3 Å². The number of aliphatic hydroxyl groups is 3. The van der Waals surface area contributed by atoms with Gasteiger partial charge in [-0.15, -0.1) is 0 Å². The molecule has 4 fully saturated rings. The van der Waals surface area contributed by atoms with E-state index in [1.165, 1.54) is 31.3 Å². The molecule has 0 aromatic rings. The first-order valence-electron chi connectivity index (χ1n) is 14.3. The van der Waals surface area contributed by atoms with E-state index < -0.39 is 12.2 Å². The summed E-state index contributed by atoms with van der Waals surface area (Å²) in [6, 6.07) is 0. The molecule has 0 bridgehead atoms. The van der Waals surface area contributed by atoms with E-state index in [1.807, 2.05) is 0 Å². The Bertz CT molecular complexity index is 953. The third kappa shape index (κ3) is 5.11. The first-order chi connectivity index (χ1) is 17.0. The van der Waals surface area contributed by atoms with Gasteiger partial charge >= 0.3 is 0 Å². The Morgan fingerprint density at radius 2 is 1.83 bits per heavy atom. The Balaban J connectivity index is 1.50. The molecule has 0 heterocycles. The SMILES string of the molecule is C=C1/C(=C\C=C2/CCC[C@]3(C)[C@@H](C(C)/C=C4\CCC(C)(C)C4=O)CC[C@@H]23)C[C@@H](O)[C@H](CCCO)[C@@H]1O. The van der Waals surface area contributed by atoms with Crippen LogP contribution in [0.25, 0.3) is 0 Å². The lowest BCUT2D eigenvalue weighted by atomic mass is 9.61. The standard InChI is InChI=1S/C32H48O4/c1-20(18-24-14-16-31(3,4)30(24)36)26-12-13-27-22(8-6-15-32(26,27)5)10-11-23-19-28(34)25(9-7-17-33)29(35)21(23)2/h10-11,18,20,25-29,33-35H,2,6-9,12-17,19H2,1,3-5H3/b22-10+,23-11-,24-18+/t20?,25-,26+,27-,28+,29+,32+/m0/s1. The van der Waals surface area contributed by atoms with Crippen molar-refractivity contribution in [1.82, 2.24) is 0 Å². The Labute approximate surface area is 218 Å². The predicted octanol–water partition coefficient (Wildman–Crippen LogP) is 6.08. The summed E-state index contributed by atoms with van der Waals surface area (Å²) in [6.45, 7) is 13.2. The summed E-state index contributed by atoms with van der Waals surface area (Å²) in [5.41, 5.74) is 4.26. The molecule has 4 saturated carbocycles. The predicted molar refractivity (Wildman–Crippen MR) is 145 cm³/mol. The highest BCUT2D eigenvalue weighted by Gasteiger charge is 2.50. The minimum absolute atomic E-state index is 0.0718. The molecular weight excluding hydrogens is 448 g/mol. The van der Waals surface area contributed by atoms with Gasteiger partial charge in [-0.1, -0.05) is 58.1 Å². The molecule has 0 saturated heterocycles. The van der Waals surface area contributed by atoms with Gasteiger partial charge in [-0.25, -0.2) is 0 Å². The van der Waals surface area contributed by atoms with Crippen LogP contribution in [-0.4, -0.2) is 39.9 Å². The second-order valence-corrected chi connectivity index (χ2v) is 13.1. The maximum atomic E-state index is 12.8. The van der Waals surface area contributed by atoms with E-state index >= 15 is 0 Å². The van der Waals surface area contributed by atoms with E-state index in [2.05, 4.69) is 52.5 Å². The summed E-state index contributed by atoms with van der Waals surface area (Å²) >= 11 is 0. The van der Waals surface area contributed by atoms with Crippen LogP contribution in [0.4, 0.5) is 0 Å². The lowest BCUT2D eigenvalue weighted by molar-refractivity contribution is -0.121. The van der Waals surface area contributed by atoms with E-state index in [9.17, 15) is 15.0 Å². The highest BCUT2D eigenvalue weighted by atomic mass is 16.3. The van der Waals surface area contributed by atoms with E-state index in [0.717, 1.165) is 30.4 Å². The van der Waals surface area contributed by atoms with Gasteiger partial charge in [-0.2, -0.15) is 0 Å². The van der Waals surface area contributed by atoms with Crippen LogP contribution < -0.4 is 0 Å². The fraction of sp³-hybridized carbons (Fsp3) is 0.719. The van der Waals surface area contributed by atoms with Gasteiger partial charge in [-0.3, -0.25) is 4.79 Å². The zero-order valence-corrected chi connectivity index (χ0v) is 22.9. The van der Waals surface area contributed by atoms with Crippen molar-refractivity contribution in [3.8, 4) is 0 Å². The van der Waals surface area contributed by atoms with Crippen LogP contribution in [0.2, 0.25) is 0 Å². The summed E-state index contributed by atoms with van der Waals surface area (Å²) < 4.78 is 0. The second-order valence-electron chi connectivity index (χ2n) is 13.1. The van der Waals surface area contributed by atoms with Gasteiger partial charge in [0.05, 0.1) is 12.2 Å². The molecule has 4 aliphatic carbocycles. The Morgan fingerprint density at radius 1 is 1.08 bits per heavy atom. The van der Waals surface area contributed by atoms with Crippen molar-refractivity contribution in [2.45, 2.75) is 104 Å². The molecule has 4 nitrogen and oxygen atoms in total. The summed E-state index contributed by atoms with van der Waals surface area (Å²) in [5.74, 6) is 1.64. The molecule has 4 aliphatic rings. The maximum absolute atomic E-state index is 12.8. The molecule has 3 N–H and O–H groups in total. The molecular formula is C32H48O4. The van der Waals surface area contributed by atoms with Crippen LogP contribution in [-0.2, 0) is 4.79 Å². The molecule has 0 aromatic carbocycles. The van der Waals surface area contributed by atoms with Crippen LogP contribution in [0.1, 0.15) is 91.9 Å². The van der Waals surface area contributed by atoms with Gasteiger partial charge in [0, 0.05) is 17.9 Å². The van der Waals surface area contributed by atoms with Crippen LogP contribution in [0.15, 0.2) is 47.1 Å². The van der Waals surface area contributed by atoms with Crippen molar-refractivity contribution in [2.75, 3.05) is 6.61 Å². The number of rotatable bonds is 6. The number of Topliss-reactive ketones (excluding diaryl/α,β-unsaturated/α-hetero) is 1. The summed E-state index contributed by atoms with van der Waals surface area (Å²) in [7, 11) is 0. The van der Waals surface area contributed by atoms with E-state index in [1.54, 1.807) is 0 Å². The third-order valence-electron chi connectivity index (χ3n) is 10.4. The number of hydrogen-bond donors (Lipinski definition) is 3. The lowest BCUT2D eigenvalue weighted by Crippen LogP contribution is -2.38. The quantitative estimate of drug-likeness (QED) is 0.390. The first kappa shape index (κ1) is 27.5.